The van der Waals surface area contributed by atoms with E-state index in [4.69, 9.17) is 14.7 Å². The van der Waals surface area contributed by atoms with Gasteiger partial charge in [-0.05, 0) is 44.9 Å². The second kappa shape index (κ2) is 9.46. The van der Waals surface area contributed by atoms with Gasteiger partial charge in [-0.15, -0.1) is 0 Å². The molecule has 7 heteroatoms. The quantitative estimate of drug-likeness (QED) is 0.718. The first kappa shape index (κ1) is 20.7. The van der Waals surface area contributed by atoms with Crippen LogP contribution in [0, 0.1) is 31.1 Å². The normalized spacial score (nSPS) is 16.3. The van der Waals surface area contributed by atoms with Crippen molar-refractivity contribution in [1.29, 1.82) is 5.26 Å². The second-order valence-electron chi connectivity index (χ2n) is 7.54. The number of piperidine rings is 1. The van der Waals surface area contributed by atoms with Crippen molar-refractivity contribution in [1.82, 2.24) is 14.7 Å². The van der Waals surface area contributed by atoms with E-state index in [0.29, 0.717) is 43.2 Å². The lowest BCUT2D eigenvalue weighted by Crippen LogP contribution is -2.41. The average molecular weight is 396 g/mol. The summed E-state index contributed by atoms with van der Waals surface area (Å²) in [7, 11) is 1.56. The fourth-order valence-corrected chi connectivity index (χ4v) is 3.75. The zero-order valence-corrected chi connectivity index (χ0v) is 17.4. The molecule has 7 nitrogen and oxygen atoms in total. The summed E-state index contributed by atoms with van der Waals surface area (Å²) >= 11 is 0. The number of rotatable bonds is 7. The van der Waals surface area contributed by atoms with E-state index in [1.54, 1.807) is 25.3 Å². The third-order valence-electron chi connectivity index (χ3n) is 5.28. The number of carbonyl (C=O) groups is 1. The SMILES string of the molecule is COc1cc(C#N)ccc1OCC1CCCN(C(=O)CCn2nc(C)cc2C)C1. The van der Waals surface area contributed by atoms with Gasteiger partial charge in [-0.1, -0.05) is 0 Å². The van der Waals surface area contributed by atoms with E-state index in [1.807, 2.05) is 29.5 Å². The summed E-state index contributed by atoms with van der Waals surface area (Å²) in [6.45, 7) is 6.60. The molecule has 1 fully saturated rings. The molecule has 1 aliphatic heterocycles. The molecule has 1 amide bonds. The van der Waals surface area contributed by atoms with Crippen molar-refractivity contribution in [3.05, 3.63) is 41.2 Å². The van der Waals surface area contributed by atoms with Crippen LogP contribution >= 0.6 is 0 Å². The summed E-state index contributed by atoms with van der Waals surface area (Å²) in [4.78, 5) is 14.6. The lowest BCUT2D eigenvalue weighted by Gasteiger charge is -2.33. The van der Waals surface area contributed by atoms with Crippen LogP contribution in [0.15, 0.2) is 24.3 Å². The van der Waals surface area contributed by atoms with Crippen LogP contribution < -0.4 is 9.47 Å². The van der Waals surface area contributed by atoms with E-state index in [9.17, 15) is 4.79 Å². The summed E-state index contributed by atoms with van der Waals surface area (Å²) in [5, 5.41) is 13.4. The molecular formula is C22H28N4O3. The second-order valence-corrected chi connectivity index (χ2v) is 7.54. The molecule has 1 aliphatic rings. The largest absolute Gasteiger partial charge is 0.493 e. The summed E-state index contributed by atoms with van der Waals surface area (Å²) in [5.74, 6) is 1.62. The van der Waals surface area contributed by atoms with Crippen LogP contribution in [0.1, 0.15) is 36.2 Å². The number of amides is 1. The summed E-state index contributed by atoms with van der Waals surface area (Å²) < 4.78 is 13.2. The monoisotopic (exact) mass is 396 g/mol. The Morgan fingerprint density at radius 3 is 2.83 bits per heavy atom. The van der Waals surface area contributed by atoms with Crippen LogP contribution in [0.25, 0.3) is 0 Å². The molecule has 1 atom stereocenters. The number of aromatic nitrogens is 2. The Kier molecular flexibility index (Phi) is 6.76. The highest BCUT2D eigenvalue weighted by atomic mass is 16.5. The number of hydrogen-bond donors (Lipinski definition) is 0. The molecule has 2 heterocycles. The van der Waals surface area contributed by atoms with Gasteiger partial charge >= 0.3 is 0 Å². The van der Waals surface area contributed by atoms with Crippen molar-refractivity contribution in [3.63, 3.8) is 0 Å². The molecule has 1 aromatic heterocycles. The smallest absolute Gasteiger partial charge is 0.224 e. The molecule has 154 valence electrons. The van der Waals surface area contributed by atoms with Crippen LogP contribution in [-0.2, 0) is 11.3 Å². The third-order valence-corrected chi connectivity index (χ3v) is 5.28. The Labute approximate surface area is 171 Å². The van der Waals surface area contributed by atoms with Crippen LogP contribution in [0.5, 0.6) is 11.5 Å². The van der Waals surface area contributed by atoms with Crippen molar-refractivity contribution in [2.75, 3.05) is 26.8 Å². The standard InChI is InChI=1S/C22H28N4O3/c1-16-11-17(2)26(24-16)10-8-22(27)25-9-4-5-19(14-25)15-29-20-7-6-18(13-23)12-21(20)28-3/h6-7,11-12,19H,4-5,8-10,14-15H2,1-3H3. The van der Waals surface area contributed by atoms with E-state index < -0.39 is 0 Å². The van der Waals surface area contributed by atoms with Crippen molar-refractivity contribution in [3.8, 4) is 17.6 Å². The fraction of sp³-hybridized carbons (Fsp3) is 0.500. The number of hydrogen-bond acceptors (Lipinski definition) is 5. The average Bonchev–Trinajstić information content (AvgIpc) is 3.07. The molecule has 0 spiro atoms. The molecule has 0 N–H and O–H groups in total. The molecule has 0 radical (unpaired) electrons. The Bertz CT molecular complexity index is 900. The molecule has 1 unspecified atom stereocenters. The Balaban J connectivity index is 1.52. The molecule has 0 aliphatic carbocycles. The van der Waals surface area contributed by atoms with Gasteiger partial charge in [0.2, 0.25) is 5.91 Å². The van der Waals surface area contributed by atoms with Crippen LogP contribution in [0.3, 0.4) is 0 Å². The number of nitriles is 1. The zero-order valence-electron chi connectivity index (χ0n) is 17.4. The highest BCUT2D eigenvalue weighted by molar-refractivity contribution is 5.76. The van der Waals surface area contributed by atoms with Gasteiger partial charge in [-0.3, -0.25) is 9.48 Å². The number of likely N-dealkylation sites (tertiary alicyclic amines) is 1. The van der Waals surface area contributed by atoms with Crippen LogP contribution in [-0.4, -0.2) is 47.4 Å². The fourth-order valence-electron chi connectivity index (χ4n) is 3.75. The van der Waals surface area contributed by atoms with E-state index in [1.165, 1.54) is 0 Å². The maximum Gasteiger partial charge on any atom is 0.224 e. The first-order chi connectivity index (χ1) is 14.0. The highest BCUT2D eigenvalue weighted by Crippen LogP contribution is 2.29. The first-order valence-electron chi connectivity index (χ1n) is 10.00. The van der Waals surface area contributed by atoms with E-state index in [-0.39, 0.29) is 11.8 Å². The van der Waals surface area contributed by atoms with Crippen molar-refractivity contribution >= 4 is 5.91 Å². The van der Waals surface area contributed by atoms with Gasteiger partial charge in [0.1, 0.15) is 0 Å². The summed E-state index contributed by atoms with van der Waals surface area (Å²) in [6, 6.07) is 9.27. The van der Waals surface area contributed by atoms with Gasteiger partial charge in [-0.2, -0.15) is 10.4 Å². The predicted octanol–water partition coefficient (Wildman–Crippen LogP) is 3.09. The Morgan fingerprint density at radius 1 is 1.31 bits per heavy atom. The minimum Gasteiger partial charge on any atom is -0.493 e. The van der Waals surface area contributed by atoms with Gasteiger partial charge in [0.25, 0.3) is 0 Å². The van der Waals surface area contributed by atoms with E-state index >= 15 is 0 Å². The number of aryl methyl sites for hydroxylation is 3. The van der Waals surface area contributed by atoms with Gasteiger partial charge < -0.3 is 14.4 Å². The Hall–Kier alpha value is -3.01. The highest BCUT2D eigenvalue weighted by Gasteiger charge is 2.24. The predicted molar refractivity (Wildman–Crippen MR) is 109 cm³/mol. The molecule has 29 heavy (non-hydrogen) atoms. The minimum absolute atomic E-state index is 0.165. The third kappa shape index (κ3) is 5.29. The maximum atomic E-state index is 12.7. The molecule has 2 aromatic rings. The molecule has 1 aromatic carbocycles. The number of benzene rings is 1. The van der Waals surface area contributed by atoms with Crippen LogP contribution in [0.4, 0.5) is 0 Å². The molecule has 0 bridgehead atoms. The topological polar surface area (TPSA) is 80.4 Å². The molecule has 1 saturated heterocycles. The molecular weight excluding hydrogens is 368 g/mol. The zero-order chi connectivity index (χ0) is 20.8. The number of methoxy groups -OCH3 is 1. The van der Waals surface area contributed by atoms with Crippen molar-refractivity contribution in [2.24, 2.45) is 5.92 Å². The lowest BCUT2D eigenvalue weighted by molar-refractivity contribution is -0.133. The van der Waals surface area contributed by atoms with Crippen molar-refractivity contribution in [2.45, 2.75) is 39.7 Å². The maximum absolute atomic E-state index is 12.7. The summed E-state index contributed by atoms with van der Waals surface area (Å²) in [6.07, 6.45) is 2.46. The van der Waals surface area contributed by atoms with Gasteiger partial charge in [0, 0.05) is 43.7 Å². The molecule has 0 saturated carbocycles. The Morgan fingerprint density at radius 2 is 2.14 bits per heavy atom. The lowest BCUT2D eigenvalue weighted by atomic mass is 9.98. The number of nitrogens with zero attached hydrogens (tertiary/aromatic N) is 4. The molecule has 3 rings (SSSR count). The van der Waals surface area contributed by atoms with Gasteiger partial charge in [-0.25, -0.2) is 0 Å². The summed E-state index contributed by atoms with van der Waals surface area (Å²) in [5.41, 5.74) is 2.59. The van der Waals surface area contributed by atoms with Gasteiger partial charge in [0.15, 0.2) is 11.5 Å². The van der Waals surface area contributed by atoms with Crippen LogP contribution in [0.2, 0.25) is 0 Å². The minimum atomic E-state index is 0.165. The van der Waals surface area contributed by atoms with E-state index in [0.717, 1.165) is 30.8 Å². The van der Waals surface area contributed by atoms with E-state index in [2.05, 4.69) is 11.2 Å². The first-order valence-corrected chi connectivity index (χ1v) is 10.00. The number of ether oxygens (including phenoxy) is 2. The number of carbonyl (C=O) groups excluding carboxylic acids is 1. The van der Waals surface area contributed by atoms with Gasteiger partial charge in [0.05, 0.1) is 31.0 Å². The van der Waals surface area contributed by atoms with Crippen molar-refractivity contribution < 1.29 is 14.3 Å².